The molecule has 27 heavy (non-hydrogen) atoms. The van der Waals surface area contributed by atoms with Gasteiger partial charge in [0.2, 0.25) is 0 Å². The molecule has 142 valence electrons. The number of rotatable bonds is 7. The lowest BCUT2D eigenvalue weighted by atomic mass is 10.1. The molecule has 0 fully saturated rings. The van der Waals surface area contributed by atoms with Gasteiger partial charge in [-0.1, -0.05) is 17.7 Å². The van der Waals surface area contributed by atoms with Crippen molar-refractivity contribution in [2.45, 2.75) is 19.9 Å². The van der Waals surface area contributed by atoms with Crippen molar-refractivity contribution in [3.8, 4) is 0 Å². The molecule has 0 spiro atoms. The van der Waals surface area contributed by atoms with Crippen molar-refractivity contribution in [3.05, 3.63) is 58.9 Å². The highest BCUT2D eigenvalue weighted by molar-refractivity contribution is 6.31. The molecule has 0 saturated carbocycles. The van der Waals surface area contributed by atoms with Crippen molar-refractivity contribution in [1.29, 1.82) is 0 Å². The van der Waals surface area contributed by atoms with Crippen LogP contribution in [0.5, 0.6) is 0 Å². The van der Waals surface area contributed by atoms with E-state index in [1.54, 1.807) is 6.20 Å². The highest BCUT2D eigenvalue weighted by Gasteiger charge is 2.08. The van der Waals surface area contributed by atoms with Gasteiger partial charge in [0, 0.05) is 55.0 Å². The molecule has 0 saturated heterocycles. The summed E-state index contributed by atoms with van der Waals surface area (Å²) in [5, 5.41) is 10.8. The Labute approximate surface area is 163 Å². The number of benzene rings is 1. The third-order valence-corrected chi connectivity index (χ3v) is 4.59. The first-order valence-electron chi connectivity index (χ1n) is 9.00. The van der Waals surface area contributed by atoms with Crippen LogP contribution in [0.2, 0.25) is 5.02 Å². The average molecular weight is 386 g/mol. The van der Waals surface area contributed by atoms with Gasteiger partial charge in [-0.15, -0.1) is 0 Å². The first-order chi connectivity index (χ1) is 13.1. The van der Waals surface area contributed by atoms with Crippen LogP contribution in [0.25, 0.3) is 10.9 Å². The van der Waals surface area contributed by atoms with E-state index in [0.717, 1.165) is 40.3 Å². The van der Waals surface area contributed by atoms with Crippen molar-refractivity contribution >= 4 is 34.4 Å². The van der Waals surface area contributed by atoms with Crippen LogP contribution < -0.4 is 16.0 Å². The Hall–Kier alpha value is -2.73. The first-order valence-corrected chi connectivity index (χ1v) is 9.38. The summed E-state index contributed by atoms with van der Waals surface area (Å²) in [6.45, 7) is 3.85. The molecule has 1 aromatic carbocycles. The minimum absolute atomic E-state index is 0.180. The molecule has 2 aromatic heterocycles. The van der Waals surface area contributed by atoms with Gasteiger partial charge in [0.15, 0.2) is 0 Å². The molecular weight excluding hydrogens is 362 g/mol. The van der Waals surface area contributed by atoms with Crippen molar-refractivity contribution in [2.24, 2.45) is 7.05 Å². The third-order valence-electron chi connectivity index (χ3n) is 4.35. The van der Waals surface area contributed by atoms with E-state index in [1.165, 1.54) is 5.56 Å². The molecule has 2 amide bonds. The van der Waals surface area contributed by atoms with Gasteiger partial charge in [-0.3, -0.25) is 0 Å². The fourth-order valence-corrected chi connectivity index (χ4v) is 3.22. The summed E-state index contributed by atoms with van der Waals surface area (Å²) in [4.78, 5) is 16.3. The van der Waals surface area contributed by atoms with E-state index < -0.39 is 0 Å². The number of anilines is 1. The number of urea groups is 1. The number of nitrogens with zero attached hydrogens (tertiary/aromatic N) is 2. The van der Waals surface area contributed by atoms with Crippen molar-refractivity contribution in [2.75, 3.05) is 18.4 Å². The number of aromatic nitrogens is 2. The van der Waals surface area contributed by atoms with Gasteiger partial charge in [0.25, 0.3) is 0 Å². The number of aryl methyl sites for hydroxylation is 1. The molecule has 7 heteroatoms. The molecule has 6 nitrogen and oxygen atoms in total. The Morgan fingerprint density at radius 3 is 2.89 bits per heavy atom. The SMILES string of the molecule is CCNc1cc(CNC(=O)NCCc2cn(C)c3cc(Cl)ccc23)ccn1. The minimum atomic E-state index is -0.180. The zero-order valence-corrected chi connectivity index (χ0v) is 16.3. The van der Waals surface area contributed by atoms with E-state index in [1.807, 2.05) is 44.3 Å². The Kier molecular flexibility index (Phi) is 6.19. The molecule has 3 N–H and O–H groups in total. The zero-order chi connectivity index (χ0) is 19.2. The molecule has 0 bridgehead atoms. The highest BCUT2D eigenvalue weighted by Crippen LogP contribution is 2.24. The van der Waals surface area contributed by atoms with Gasteiger partial charge in [0.05, 0.1) is 0 Å². The number of pyridine rings is 1. The first kappa shape index (κ1) is 19.0. The second-order valence-corrected chi connectivity index (χ2v) is 6.80. The van der Waals surface area contributed by atoms with Gasteiger partial charge >= 0.3 is 6.03 Å². The summed E-state index contributed by atoms with van der Waals surface area (Å²) >= 11 is 6.07. The lowest BCUT2D eigenvalue weighted by Gasteiger charge is -2.09. The maximum Gasteiger partial charge on any atom is 0.315 e. The number of carbonyl (C=O) groups excluding carboxylic acids is 1. The molecule has 2 heterocycles. The lowest BCUT2D eigenvalue weighted by Crippen LogP contribution is -2.36. The van der Waals surface area contributed by atoms with Gasteiger partial charge in [-0.25, -0.2) is 9.78 Å². The van der Waals surface area contributed by atoms with Gasteiger partial charge in [-0.05, 0) is 48.7 Å². The van der Waals surface area contributed by atoms with Crippen LogP contribution in [0.4, 0.5) is 10.6 Å². The second-order valence-electron chi connectivity index (χ2n) is 6.37. The Morgan fingerprint density at radius 1 is 1.22 bits per heavy atom. The molecule has 3 aromatic rings. The molecule has 0 unspecified atom stereocenters. The van der Waals surface area contributed by atoms with E-state index >= 15 is 0 Å². The standard InChI is InChI=1S/C20H24ClN5O/c1-3-22-19-10-14(6-8-23-19)12-25-20(27)24-9-7-15-13-26(2)18-11-16(21)4-5-17(15)18/h4-6,8,10-11,13H,3,7,9,12H2,1-2H3,(H,22,23)(H2,24,25,27). The van der Waals surface area contributed by atoms with Crippen molar-refractivity contribution in [1.82, 2.24) is 20.2 Å². The number of amides is 2. The smallest absolute Gasteiger partial charge is 0.315 e. The van der Waals surface area contributed by atoms with E-state index in [-0.39, 0.29) is 6.03 Å². The van der Waals surface area contributed by atoms with E-state index in [0.29, 0.717) is 13.1 Å². The highest BCUT2D eigenvalue weighted by atomic mass is 35.5. The summed E-state index contributed by atoms with van der Waals surface area (Å²) in [5.41, 5.74) is 3.28. The molecule has 3 rings (SSSR count). The predicted octanol–water partition coefficient (Wildman–Crippen LogP) is 3.70. The molecule has 0 aliphatic heterocycles. The topological polar surface area (TPSA) is 71.0 Å². The number of hydrogen-bond acceptors (Lipinski definition) is 3. The number of hydrogen-bond donors (Lipinski definition) is 3. The number of carbonyl (C=O) groups is 1. The summed E-state index contributed by atoms with van der Waals surface area (Å²) in [6, 6.07) is 9.52. The fraction of sp³-hybridized carbons (Fsp3) is 0.300. The number of nitrogens with one attached hydrogen (secondary N) is 3. The van der Waals surface area contributed by atoms with Crippen LogP contribution in [0.15, 0.2) is 42.7 Å². The van der Waals surface area contributed by atoms with E-state index in [2.05, 4.69) is 31.7 Å². The quantitative estimate of drug-likeness (QED) is 0.580. The maximum absolute atomic E-state index is 12.1. The van der Waals surface area contributed by atoms with Crippen LogP contribution >= 0.6 is 11.6 Å². The number of fused-ring (bicyclic) bond motifs is 1. The monoisotopic (exact) mass is 385 g/mol. The summed E-state index contributed by atoms with van der Waals surface area (Å²) in [5.74, 6) is 0.813. The van der Waals surface area contributed by atoms with E-state index in [4.69, 9.17) is 11.6 Å². The number of halogens is 1. The average Bonchev–Trinajstić information content (AvgIpc) is 2.96. The molecule has 0 aliphatic rings. The van der Waals surface area contributed by atoms with Crippen LogP contribution in [-0.4, -0.2) is 28.7 Å². The minimum Gasteiger partial charge on any atom is -0.370 e. The predicted molar refractivity (Wildman–Crippen MR) is 110 cm³/mol. The van der Waals surface area contributed by atoms with Crippen molar-refractivity contribution < 1.29 is 4.79 Å². The summed E-state index contributed by atoms with van der Waals surface area (Å²) < 4.78 is 2.06. The largest absolute Gasteiger partial charge is 0.370 e. The zero-order valence-electron chi connectivity index (χ0n) is 15.6. The molecule has 0 radical (unpaired) electrons. The van der Waals surface area contributed by atoms with Gasteiger partial charge < -0.3 is 20.5 Å². The third kappa shape index (κ3) is 4.92. The van der Waals surface area contributed by atoms with Gasteiger partial charge in [0.1, 0.15) is 5.82 Å². The van der Waals surface area contributed by atoms with Crippen LogP contribution in [0, 0.1) is 0 Å². The molecule has 0 atom stereocenters. The summed E-state index contributed by atoms with van der Waals surface area (Å²) in [6.07, 6.45) is 4.58. The van der Waals surface area contributed by atoms with Crippen molar-refractivity contribution in [3.63, 3.8) is 0 Å². The Balaban J connectivity index is 1.49. The second kappa shape index (κ2) is 8.77. The van der Waals surface area contributed by atoms with Crippen LogP contribution in [-0.2, 0) is 20.0 Å². The van der Waals surface area contributed by atoms with E-state index in [9.17, 15) is 4.79 Å². The molecular formula is C20H24ClN5O. The van der Waals surface area contributed by atoms with Crippen LogP contribution in [0.3, 0.4) is 0 Å². The Bertz CT molecular complexity index is 937. The maximum atomic E-state index is 12.1. The fourth-order valence-electron chi connectivity index (χ4n) is 3.06. The van der Waals surface area contributed by atoms with Crippen LogP contribution in [0.1, 0.15) is 18.1 Å². The normalized spacial score (nSPS) is 10.8. The molecule has 0 aliphatic carbocycles. The van der Waals surface area contributed by atoms with Gasteiger partial charge in [-0.2, -0.15) is 0 Å². The summed E-state index contributed by atoms with van der Waals surface area (Å²) in [7, 11) is 2.00. The Morgan fingerprint density at radius 2 is 2.07 bits per heavy atom. The lowest BCUT2D eigenvalue weighted by molar-refractivity contribution is 0.240.